The highest BCUT2D eigenvalue weighted by atomic mass is 32.1. The van der Waals surface area contributed by atoms with E-state index in [9.17, 15) is 4.79 Å². The number of nitrogens with two attached hydrogens (primary N) is 1. The number of carbonyl (C=O) groups excluding carboxylic acids is 1. The number of thiocarbonyl (C=S) groups is 1. The molecule has 1 heterocycles. The van der Waals surface area contributed by atoms with Crippen LogP contribution in [-0.2, 0) is 11.8 Å². The molecule has 0 aliphatic carbocycles. The summed E-state index contributed by atoms with van der Waals surface area (Å²) in [5.74, 6) is 0.587. The first-order valence-electron chi connectivity index (χ1n) is 5.76. The molecule has 4 N–H and O–H groups in total. The minimum atomic E-state index is -0.382. The number of nitrogens with one attached hydrogen (secondary N) is 2. The van der Waals surface area contributed by atoms with E-state index >= 15 is 0 Å². The molecule has 0 spiro atoms. The van der Waals surface area contributed by atoms with Crippen LogP contribution in [0, 0.1) is 6.92 Å². The third-order valence-electron chi connectivity index (χ3n) is 2.57. The lowest BCUT2D eigenvalue weighted by molar-refractivity contribution is -0.121. The molecule has 1 rings (SSSR count). The summed E-state index contributed by atoms with van der Waals surface area (Å²) in [5, 5.41) is 10.1. The summed E-state index contributed by atoms with van der Waals surface area (Å²) in [6.07, 6.45) is 0. The van der Waals surface area contributed by atoms with Gasteiger partial charge in [-0.2, -0.15) is 5.10 Å². The second-order valence-electron chi connectivity index (χ2n) is 4.06. The van der Waals surface area contributed by atoms with Crippen LogP contribution in [0.2, 0.25) is 0 Å². The summed E-state index contributed by atoms with van der Waals surface area (Å²) in [4.78, 5) is 11.9. The van der Waals surface area contributed by atoms with Crippen LogP contribution in [0.25, 0.3) is 0 Å². The first-order chi connectivity index (χ1) is 8.38. The van der Waals surface area contributed by atoms with Crippen LogP contribution in [0.3, 0.4) is 0 Å². The van der Waals surface area contributed by atoms with Crippen molar-refractivity contribution in [3.05, 3.63) is 11.3 Å². The molecular formula is C11H19N5OS. The van der Waals surface area contributed by atoms with Crippen molar-refractivity contribution in [3.63, 3.8) is 0 Å². The molecule has 1 unspecified atom stereocenters. The van der Waals surface area contributed by atoms with Crippen molar-refractivity contribution >= 4 is 28.9 Å². The van der Waals surface area contributed by atoms with Crippen molar-refractivity contribution in [1.82, 2.24) is 15.1 Å². The molecule has 7 heteroatoms. The summed E-state index contributed by atoms with van der Waals surface area (Å²) in [5.41, 5.74) is 7.11. The number of likely N-dealkylation sites (N-methyl/N-ethyl adjacent to an activating group) is 1. The van der Waals surface area contributed by atoms with E-state index in [1.807, 2.05) is 13.8 Å². The van der Waals surface area contributed by atoms with Crippen LogP contribution in [0.4, 0.5) is 5.82 Å². The van der Waals surface area contributed by atoms with Crippen molar-refractivity contribution in [2.24, 2.45) is 12.8 Å². The molecule has 100 valence electrons. The quantitative estimate of drug-likeness (QED) is 0.669. The Morgan fingerprint density at radius 3 is 2.72 bits per heavy atom. The second kappa shape index (κ2) is 5.81. The summed E-state index contributed by atoms with van der Waals surface area (Å²) in [6, 6.07) is -0.382. The van der Waals surface area contributed by atoms with Gasteiger partial charge in [0.2, 0.25) is 5.91 Å². The minimum absolute atomic E-state index is 0.0785. The highest BCUT2D eigenvalue weighted by Gasteiger charge is 2.19. The molecule has 1 aromatic rings. The molecule has 1 atom stereocenters. The third kappa shape index (κ3) is 2.98. The number of rotatable bonds is 5. The highest BCUT2D eigenvalue weighted by molar-refractivity contribution is 7.80. The summed E-state index contributed by atoms with van der Waals surface area (Å²) in [6.45, 7) is 6.07. The zero-order chi connectivity index (χ0) is 13.9. The van der Waals surface area contributed by atoms with E-state index < -0.39 is 0 Å². The second-order valence-corrected chi connectivity index (χ2v) is 4.50. The maximum atomic E-state index is 11.7. The SMILES string of the molecule is CCNC(=O)C(C)Nc1c(C(N)=S)c(C)nn1C. The molecule has 18 heavy (non-hydrogen) atoms. The largest absolute Gasteiger partial charge is 0.389 e. The summed E-state index contributed by atoms with van der Waals surface area (Å²) >= 11 is 5.00. The lowest BCUT2D eigenvalue weighted by Crippen LogP contribution is -2.38. The molecule has 6 nitrogen and oxygen atoms in total. The molecule has 1 aromatic heterocycles. The van der Waals surface area contributed by atoms with E-state index in [4.69, 9.17) is 18.0 Å². The van der Waals surface area contributed by atoms with Crippen LogP contribution in [-0.4, -0.2) is 33.3 Å². The van der Waals surface area contributed by atoms with Crippen LogP contribution in [0.5, 0.6) is 0 Å². The van der Waals surface area contributed by atoms with Gasteiger partial charge in [-0.05, 0) is 20.8 Å². The minimum Gasteiger partial charge on any atom is -0.389 e. The first kappa shape index (κ1) is 14.4. The fourth-order valence-electron chi connectivity index (χ4n) is 1.72. The van der Waals surface area contributed by atoms with E-state index in [1.165, 1.54) is 0 Å². The van der Waals surface area contributed by atoms with Crippen LogP contribution in [0.15, 0.2) is 0 Å². The lowest BCUT2D eigenvalue weighted by Gasteiger charge is -2.15. The highest BCUT2D eigenvalue weighted by Crippen LogP contribution is 2.19. The molecule has 0 aromatic carbocycles. The Labute approximate surface area is 112 Å². The van der Waals surface area contributed by atoms with E-state index in [-0.39, 0.29) is 16.9 Å². The average Bonchev–Trinajstić information content (AvgIpc) is 2.54. The molecular weight excluding hydrogens is 250 g/mol. The average molecular weight is 269 g/mol. The molecule has 0 saturated heterocycles. The number of carbonyl (C=O) groups is 1. The molecule has 0 aliphatic rings. The van der Waals surface area contributed by atoms with Crippen molar-refractivity contribution in [3.8, 4) is 0 Å². The predicted octanol–water partition coefficient (Wildman–Crippen LogP) is 0.299. The summed E-state index contributed by atoms with van der Waals surface area (Å²) < 4.78 is 1.64. The van der Waals surface area contributed by atoms with Gasteiger partial charge in [-0.1, -0.05) is 12.2 Å². The third-order valence-corrected chi connectivity index (χ3v) is 2.77. The number of hydrogen-bond acceptors (Lipinski definition) is 4. The number of amides is 1. The number of anilines is 1. The van der Waals surface area contributed by atoms with Crippen molar-refractivity contribution in [2.45, 2.75) is 26.8 Å². The van der Waals surface area contributed by atoms with Crippen LogP contribution in [0.1, 0.15) is 25.1 Å². The monoisotopic (exact) mass is 269 g/mol. The molecule has 0 fully saturated rings. The number of aryl methyl sites for hydroxylation is 2. The Bertz CT molecular complexity index is 468. The van der Waals surface area contributed by atoms with E-state index in [0.29, 0.717) is 17.9 Å². The smallest absolute Gasteiger partial charge is 0.242 e. The Morgan fingerprint density at radius 1 is 1.61 bits per heavy atom. The Kier molecular flexibility index (Phi) is 4.66. The van der Waals surface area contributed by atoms with Crippen molar-refractivity contribution < 1.29 is 4.79 Å². The fraction of sp³-hybridized carbons (Fsp3) is 0.545. The Morgan fingerprint density at radius 2 is 2.22 bits per heavy atom. The van der Waals surface area contributed by atoms with Gasteiger partial charge in [-0.3, -0.25) is 9.48 Å². The zero-order valence-corrected chi connectivity index (χ0v) is 11.9. The van der Waals surface area contributed by atoms with E-state index in [0.717, 1.165) is 5.69 Å². The lowest BCUT2D eigenvalue weighted by atomic mass is 10.2. The van der Waals surface area contributed by atoms with Gasteiger partial charge in [0, 0.05) is 13.6 Å². The van der Waals surface area contributed by atoms with E-state index in [2.05, 4.69) is 15.7 Å². The Hall–Kier alpha value is -1.63. The van der Waals surface area contributed by atoms with Crippen LogP contribution < -0.4 is 16.4 Å². The molecule has 0 aliphatic heterocycles. The van der Waals surface area contributed by atoms with Gasteiger partial charge in [-0.25, -0.2) is 0 Å². The van der Waals surface area contributed by atoms with Gasteiger partial charge < -0.3 is 16.4 Å². The number of nitrogens with zero attached hydrogens (tertiary/aromatic N) is 2. The number of aromatic nitrogens is 2. The van der Waals surface area contributed by atoms with Gasteiger partial charge in [-0.15, -0.1) is 0 Å². The summed E-state index contributed by atoms with van der Waals surface area (Å²) in [7, 11) is 1.78. The topological polar surface area (TPSA) is 85.0 Å². The van der Waals surface area contributed by atoms with E-state index in [1.54, 1.807) is 18.7 Å². The van der Waals surface area contributed by atoms with Gasteiger partial charge in [0.25, 0.3) is 0 Å². The molecule has 0 bridgehead atoms. The molecule has 0 saturated carbocycles. The molecule has 0 radical (unpaired) electrons. The Balaban J connectivity index is 2.97. The fourth-order valence-corrected chi connectivity index (χ4v) is 1.96. The van der Waals surface area contributed by atoms with Gasteiger partial charge in [0.15, 0.2) is 0 Å². The number of hydrogen-bond donors (Lipinski definition) is 3. The zero-order valence-electron chi connectivity index (χ0n) is 11.1. The van der Waals surface area contributed by atoms with Crippen molar-refractivity contribution in [1.29, 1.82) is 0 Å². The first-order valence-corrected chi connectivity index (χ1v) is 6.16. The van der Waals surface area contributed by atoms with Gasteiger partial charge >= 0.3 is 0 Å². The maximum absolute atomic E-state index is 11.7. The van der Waals surface area contributed by atoms with Gasteiger partial charge in [0.1, 0.15) is 16.8 Å². The standard InChI is InChI=1S/C11H19N5OS/c1-5-13-11(17)7(3)14-10-8(9(12)18)6(2)15-16(10)4/h7,14H,5H2,1-4H3,(H2,12,18)(H,13,17). The normalized spacial score (nSPS) is 12.0. The predicted molar refractivity (Wildman–Crippen MR) is 75.6 cm³/mol. The van der Waals surface area contributed by atoms with Gasteiger partial charge in [0.05, 0.1) is 11.3 Å². The maximum Gasteiger partial charge on any atom is 0.242 e. The van der Waals surface area contributed by atoms with Crippen molar-refractivity contribution in [2.75, 3.05) is 11.9 Å². The molecule has 1 amide bonds. The van der Waals surface area contributed by atoms with Crippen LogP contribution >= 0.6 is 12.2 Å².